The van der Waals surface area contributed by atoms with Crippen molar-refractivity contribution in [2.24, 2.45) is 0 Å². The first kappa shape index (κ1) is 11.7. The van der Waals surface area contributed by atoms with E-state index in [9.17, 15) is 0 Å². The minimum absolute atomic E-state index is 0.0595. The van der Waals surface area contributed by atoms with Crippen molar-refractivity contribution in [3.8, 4) is 5.75 Å². The van der Waals surface area contributed by atoms with Crippen molar-refractivity contribution >= 4 is 38.5 Å². The highest BCUT2D eigenvalue weighted by molar-refractivity contribution is 14.1. The second-order valence-corrected chi connectivity index (χ2v) is 5.51. The van der Waals surface area contributed by atoms with Crippen molar-refractivity contribution in [1.29, 1.82) is 0 Å². The molecule has 1 aromatic rings. The second-order valence-electron chi connectivity index (χ2n) is 3.49. The Morgan fingerprint density at radius 2 is 2.27 bits per heavy atom. The zero-order valence-corrected chi connectivity index (χ0v) is 12.0. The summed E-state index contributed by atoms with van der Waals surface area (Å²) in [7, 11) is 0. The van der Waals surface area contributed by atoms with Crippen LogP contribution in [0.15, 0.2) is 22.7 Å². The molecule has 0 N–H and O–H groups in total. The molecule has 15 heavy (non-hydrogen) atoms. The van der Waals surface area contributed by atoms with Gasteiger partial charge < -0.3 is 9.47 Å². The van der Waals surface area contributed by atoms with Crippen LogP contribution in [-0.4, -0.2) is 12.9 Å². The predicted octanol–water partition coefficient (Wildman–Crippen LogP) is 3.96. The summed E-state index contributed by atoms with van der Waals surface area (Å²) in [4.78, 5) is 0. The van der Waals surface area contributed by atoms with Crippen LogP contribution in [0.3, 0.4) is 0 Å². The Bertz CT molecular complexity index is 337. The Kier molecular flexibility index (Phi) is 4.28. The van der Waals surface area contributed by atoms with E-state index < -0.39 is 0 Å². The molecule has 0 radical (unpaired) electrons. The van der Waals surface area contributed by atoms with Gasteiger partial charge in [-0.15, -0.1) is 0 Å². The average molecular weight is 383 g/mol. The average Bonchev–Trinajstić information content (AvgIpc) is 2.25. The van der Waals surface area contributed by atoms with Gasteiger partial charge in [-0.2, -0.15) is 0 Å². The molecule has 0 aliphatic carbocycles. The van der Waals surface area contributed by atoms with Crippen LogP contribution in [0.4, 0.5) is 0 Å². The van der Waals surface area contributed by atoms with Gasteiger partial charge in [-0.1, -0.05) is 0 Å². The summed E-state index contributed by atoms with van der Waals surface area (Å²) in [5, 5.41) is 0. The number of rotatable bonds is 2. The van der Waals surface area contributed by atoms with Gasteiger partial charge in [0.2, 0.25) is 0 Å². The molecule has 0 aromatic heterocycles. The SMILES string of the molecule is Brc1ccc(OC2CCCCO2)cc1I. The number of hydrogen-bond acceptors (Lipinski definition) is 2. The number of ether oxygens (including phenoxy) is 2. The lowest BCUT2D eigenvalue weighted by atomic mass is 10.2. The molecule has 1 heterocycles. The summed E-state index contributed by atoms with van der Waals surface area (Å²) >= 11 is 5.74. The van der Waals surface area contributed by atoms with E-state index in [4.69, 9.17) is 9.47 Å². The maximum Gasteiger partial charge on any atom is 0.199 e. The summed E-state index contributed by atoms with van der Waals surface area (Å²) in [6, 6.07) is 5.98. The van der Waals surface area contributed by atoms with Crippen molar-refractivity contribution in [3.05, 3.63) is 26.2 Å². The van der Waals surface area contributed by atoms with Crippen molar-refractivity contribution in [2.75, 3.05) is 6.61 Å². The van der Waals surface area contributed by atoms with Gasteiger partial charge in [0.25, 0.3) is 0 Å². The summed E-state index contributed by atoms with van der Waals surface area (Å²) < 4.78 is 13.5. The van der Waals surface area contributed by atoms with Crippen LogP contribution in [0.25, 0.3) is 0 Å². The summed E-state index contributed by atoms with van der Waals surface area (Å²) in [6.07, 6.45) is 3.28. The molecule has 4 heteroatoms. The van der Waals surface area contributed by atoms with Crippen molar-refractivity contribution in [2.45, 2.75) is 25.6 Å². The van der Waals surface area contributed by atoms with E-state index in [1.807, 2.05) is 18.2 Å². The lowest BCUT2D eigenvalue weighted by Gasteiger charge is -2.23. The van der Waals surface area contributed by atoms with E-state index in [0.29, 0.717) is 0 Å². The minimum atomic E-state index is -0.0595. The molecular weight excluding hydrogens is 371 g/mol. The second kappa shape index (κ2) is 5.50. The standard InChI is InChI=1S/C11H12BrIO2/c12-9-5-4-8(7-10(9)13)15-11-3-1-2-6-14-11/h4-5,7,11H,1-3,6H2. The molecule has 1 unspecified atom stereocenters. The van der Waals surface area contributed by atoms with Gasteiger partial charge in [0.15, 0.2) is 6.29 Å². The van der Waals surface area contributed by atoms with Crippen molar-refractivity contribution in [3.63, 3.8) is 0 Å². The smallest absolute Gasteiger partial charge is 0.199 e. The fourth-order valence-electron chi connectivity index (χ4n) is 1.51. The normalized spacial score (nSPS) is 21.3. The van der Waals surface area contributed by atoms with E-state index in [-0.39, 0.29) is 6.29 Å². The van der Waals surface area contributed by atoms with Gasteiger partial charge >= 0.3 is 0 Å². The maximum atomic E-state index is 5.74. The zero-order chi connectivity index (χ0) is 10.7. The third-order valence-electron chi connectivity index (χ3n) is 2.30. The molecule has 0 spiro atoms. The molecular formula is C11H12BrIO2. The number of halogens is 2. The van der Waals surface area contributed by atoms with Gasteiger partial charge in [0.1, 0.15) is 5.75 Å². The molecule has 2 nitrogen and oxygen atoms in total. The van der Waals surface area contributed by atoms with E-state index in [1.54, 1.807) is 0 Å². The largest absolute Gasteiger partial charge is 0.465 e. The first-order chi connectivity index (χ1) is 7.25. The van der Waals surface area contributed by atoms with Crippen molar-refractivity contribution < 1.29 is 9.47 Å². The van der Waals surface area contributed by atoms with Crippen LogP contribution in [0.5, 0.6) is 5.75 Å². The highest BCUT2D eigenvalue weighted by Crippen LogP contribution is 2.26. The van der Waals surface area contributed by atoms with Crippen LogP contribution in [0.1, 0.15) is 19.3 Å². The molecule has 0 bridgehead atoms. The molecule has 1 fully saturated rings. The lowest BCUT2D eigenvalue weighted by molar-refractivity contribution is -0.105. The monoisotopic (exact) mass is 382 g/mol. The molecule has 1 atom stereocenters. The first-order valence-electron chi connectivity index (χ1n) is 4.99. The minimum Gasteiger partial charge on any atom is -0.465 e. The Hall–Kier alpha value is 0.190. The zero-order valence-electron chi connectivity index (χ0n) is 8.21. The third-order valence-corrected chi connectivity index (χ3v) is 4.62. The molecule has 1 aliphatic rings. The molecule has 1 aromatic carbocycles. The quantitative estimate of drug-likeness (QED) is 0.721. The van der Waals surface area contributed by atoms with Crippen LogP contribution in [0, 0.1) is 3.57 Å². The van der Waals surface area contributed by atoms with Crippen LogP contribution < -0.4 is 4.74 Å². The van der Waals surface area contributed by atoms with E-state index in [2.05, 4.69) is 38.5 Å². The van der Waals surface area contributed by atoms with Gasteiger partial charge in [-0.25, -0.2) is 0 Å². The first-order valence-corrected chi connectivity index (χ1v) is 6.86. The van der Waals surface area contributed by atoms with Gasteiger partial charge in [-0.3, -0.25) is 0 Å². The Morgan fingerprint density at radius 3 is 2.93 bits per heavy atom. The lowest BCUT2D eigenvalue weighted by Crippen LogP contribution is -2.24. The molecule has 0 saturated carbocycles. The van der Waals surface area contributed by atoms with Gasteiger partial charge in [-0.05, 0) is 69.6 Å². The third kappa shape index (κ3) is 3.32. The Balaban J connectivity index is 2.00. The number of benzene rings is 1. The van der Waals surface area contributed by atoms with Gasteiger partial charge in [0.05, 0.1) is 6.61 Å². The fraction of sp³-hybridized carbons (Fsp3) is 0.455. The number of hydrogen-bond donors (Lipinski definition) is 0. The Labute approximate surface area is 112 Å². The molecule has 1 aliphatic heterocycles. The molecule has 0 amide bonds. The highest BCUT2D eigenvalue weighted by Gasteiger charge is 2.15. The Morgan fingerprint density at radius 1 is 1.40 bits per heavy atom. The fourth-order valence-corrected chi connectivity index (χ4v) is 2.24. The predicted molar refractivity (Wildman–Crippen MR) is 71.1 cm³/mol. The van der Waals surface area contributed by atoms with E-state index in [1.165, 1.54) is 6.42 Å². The maximum absolute atomic E-state index is 5.74. The molecule has 1 saturated heterocycles. The summed E-state index contributed by atoms with van der Waals surface area (Å²) in [6.45, 7) is 0.818. The molecule has 2 rings (SSSR count). The van der Waals surface area contributed by atoms with E-state index in [0.717, 1.165) is 33.2 Å². The van der Waals surface area contributed by atoms with Crippen LogP contribution in [0.2, 0.25) is 0 Å². The molecule has 82 valence electrons. The van der Waals surface area contributed by atoms with Crippen LogP contribution in [-0.2, 0) is 4.74 Å². The summed E-state index contributed by atoms with van der Waals surface area (Å²) in [5.74, 6) is 0.884. The van der Waals surface area contributed by atoms with E-state index >= 15 is 0 Å². The highest BCUT2D eigenvalue weighted by atomic mass is 127. The summed E-state index contributed by atoms with van der Waals surface area (Å²) in [5.41, 5.74) is 0. The van der Waals surface area contributed by atoms with Crippen LogP contribution >= 0.6 is 38.5 Å². The van der Waals surface area contributed by atoms with Crippen molar-refractivity contribution in [1.82, 2.24) is 0 Å². The van der Waals surface area contributed by atoms with Gasteiger partial charge in [0, 0.05) is 14.5 Å². The topological polar surface area (TPSA) is 18.5 Å².